The van der Waals surface area contributed by atoms with Crippen molar-refractivity contribution in [3.63, 3.8) is 0 Å². The van der Waals surface area contributed by atoms with E-state index in [4.69, 9.17) is 9.84 Å². The molecule has 0 rings (SSSR count). The minimum absolute atomic E-state index is 0.0498. The van der Waals surface area contributed by atoms with Crippen molar-refractivity contribution < 1.29 is 29.3 Å². The van der Waals surface area contributed by atoms with Crippen LogP contribution in [0.1, 0.15) is 40.5 Å². The van der Waals surface area contributed by atoms with Gasteiger partial charge < -0.3 is 20.3 Å². The van der Waals surface area contributed by atoms with Gasteiger partial charge in [0, 0.05) is 18.4 Å². The van der Waals surface area contributed by atoms with Gasteiger partial charge in [-0.05, 0) is 6.42 Å². The average molecular weight is 303 g/mol. The number of hydrogen-bond acceptors (Lipinski definition) is 5. The molecular formula is C14H25NO6. The van der Waals surface area contributed by atoms with E-state index in [2.05, 4.69) is 5.32 Å². The average Bonchev–Trinajstić information content (AvgIpc) is 2.39. The Morgan fingerprint density at radius 2 is 1.81 bits per heavy atom. The topological polar surface area (TPSA) is 113 Å². The lowest BCUT2D eigenvalue weighted by atomic mass is 9.87. The van der Waals surface area contributed by atoms with Crippen molar-refractivity contribution in [1.82, 2.24) is 5.32 Å². The van der Waals surface area contributed by atoms with Crippen LogP contribution in [0.4, 0.5) is 0 Å². The molecule has 0 saturated heterocycles. The summed E-state index contributed by atoms with van der Waals surface area (Å²) in [7, 11) is 0. The number of carbonyl (C=O) groups is 3. The maximum Gasteiger partial charge on any atom is 0.308 e. The van der Waals surface area contributed by atoms with E-state index in [9.17, 15) is 19.5 Å². The lowest BCUT2D eigenvalue weighted by Crippen LogP contribution is -2.46. The highest BCUT2D eigenvalue weighted by atomic mass is 16.5. The summed E-state index contributed by atoms with van der Waals surface area (Å²) >= 11 is 0. The smallest absolute Gasteiger partial charge is 0.308 e. The third-order valence-electron chi connectivity index (χ3n) is 2.91. The highest BCUT2D eigenvalue weighted by Crippen LogP contribution is 2.22. The lowest BCUT2D eigenvalue weighted by molar-refractivity contribution is -0.156. The second kappa shape index (κ2) is 8.61. The Morgan fingerprint density at radius 3 is 2.29 bits per heavy atom. The van der Waals surface area contributed by atoms with Crippen molar-refractivity contribution in [3.05, 3.63) is 0 Å². The minimum atomic E-state index is -1.35. The molecule has 7 heteroatoms. The first-order chi connectivity index (χ1) is 9.58. The van der Waals surface area contributed by atoms with Gasteiger partial charge in [0.1, 0.15) is 6.10 Å². The van der Waals surface area contributed by atoms with E-state index in [1.807, 2.05) is 0 Å². The maximum absolute atomic E-state index is 11.8. The van der Waals surface area contributed by atoms with E-state index in [-0.39, 0.29) is 31.9 Å². The number of carbonyl (C=O) groups excluding carboxylic acids is 2. The number of carboxylic acid groups (broad SMARTS) is 1. The van der Waals surface area contributed by atoms with E-state index >= 15 is 0 Å². The van der Waals surface area contributed by atoms with Crippen LogP contribution in [-0.2, 0) is 19.1 Å². The van der Waals surface area contributed by atoms with Crippen LogP contribution in [0.15, 0.2) is 0 Å². The minimum Gasteiger partial charge on any atom is -0.481 e. The molecule has 3 N–H and O–H groups in total. The summed E-state index contributed by atoms with van der Waals surface area (Å²) in [4.78, 5) is 33.5. The molecular weight excluding hydrogens is 278 g/mol. The number of aliphatic hydroxyl groups excluding tert-OH is 1. The molecule has 1 unspecified atom stereocenters. The Bertz CT molecular complexity index is 378. The first-order valence-electron chi connectivity index (χ1n) is 6.92. The maximum atomic E-state index is 11.8. The number of amides is 1. The normalized spacial score (nSPS) is 12.9. The molecule has 0 saturated carbocycles. The Kier molecular flexibility index (Phi) is 7.94. The van der Waals surface area contributed by atoms with Crippen LogP contribution in [0.3, 0.4) is 0 Å². The van der Waals surface area contributed by atoms with Crippen molar-refractivity contribution >= 4 is 17.8 Å². The van der Waals surface area contributed by atoms with E-state index in [0.717, 1.165) is 0 Å². The molecule has 0 aliphatic rings. The Balaban J connectivity index is 4.26. The molecule has 122 valence electrons. The number of hydrogen-bond donors (Lipinski definition) is 3. The summed E-state index contributed by atoms with van der Waals surface area (Å²) in [5, 5.41) is 20.9. The van der Waals surface area contributed by atoms with Gasteiger partial charge in [-0.25, -0.2) is 0 Å². The van der Waals surface area contributed by atoms with Crippen molar-refractivity contribution in [2.75, 3.05) is 13.2 Å². The summed E-state index contributed by atoms with van der Waals surface area (Å²) in [6.07, 6.45) is -1.11. The number of esters is 1. The molecule has 0 aliphatic carbocycles. The highest BCUT2D eigenvalue weighted by Gasteiger charge is 2.35. The Hall–Kier alpha value is -1.63. The zero-order chi connectivity index (χ0) is 16.6. The van der Waals surface area contributed by atoms with Gasteiger partial charge in [0.25, 0.3) is 0 Å². The van der Waals surface area contributed by atoms with Crippen LogP contribution in [0.25, 0.3) is 0 Å². The Labute approximate surface area is 124 Å². The van der Waals surface area contributed by atoms with Crippen LogP contribution in [-0.4, -0.2) is 47.3 Å². The largest absolute Gasteiger partial charge is 0.481 e. The van der Waals surface area contributed by atoms with Crippen molar-refractivity contribution in [2.24, 2.45) is 11.3 Å². The van der Waals surface area contributed by atoms with Crippen LogP contribution in [0.2, 0.25) is 0 Å². The fourth-order valence-electron chi connectivity index (χ4n) is 1.41. The van der Waals surface area contributed by atoms with Gasteiger partial charge in [0.05, 0.1) is 12.5 Å². The summed E-state index contributed by atoms with van der Waals surface area (Å²) in [6.45, 7) is 6.71. The van der Waals surface area contributed by atoms with Crippen LogP contribution >= 0.6 is 0 Å². The summed E-state index contributed by atoms with van der Waals surface area (Å²) in [6, 6.07) is 0. The Morgan fingerprint density at radius 1 is 1.24 bits per heavy atom. The molecule has 0 aliphatic heterocycles. The van der Waals surface area contributed by atoms with Gasteiger partial charge in [-0.2, -0.15) is 0 Å². The lowest BCUT2D eigenvalue weighted by Gasteiger charge is -2.29. The van der Waals surface area contributed by atoms with Gasteiger partial charge in [-0.3, -0.25) is 14.4 Å². The second-order valence-electron chi connectivity index (χ2n) is 5.94. The van der Waals surface area contributed by atoms with Gasteiger partial charge in [0.15, 0.2) is 0 Å². The highest BCUT2D eigenvalue weighted by molar-refractivity contribution is 5.81. The molecule has 0 heterocycles. The molecule has 1 amide bonds. The van der Waals surface area contributed by atoms with Crippen molar-refractivity contribution in [3.8, 4) is 0 Å². The van der Waals surface area contributed by atoms with E-state index in [0.29, 0.717) is 0 Å². The fourth-order valence-corrected chi connectivity index (χ4v) is 1.41. The van der Waals surface area contributed by atoms with Crippen LogP contribution < -0.4 is 5.32 Å². The number of aliphatic carboxylic acids is 1. The number of carboxylic acids is 1. The molecule has 0 aromatic rings. The number of rotatable bonds is 9. The zero-order valence-corrected chi connectivity index (χ0v) is 13.0. The molecule has 0 aromatic heterocycles. The molecule has 0 aromatic carbocycles. The third-order valence-corrected chi connectivity index (χ3v) is 2.91. The number of nitrogens with one attached hydrogen (secondary N) is 1. The second-order valence-corrected chi connectivity index (χ2v) is 5.94. The molecule has 0 bridgehead atoms. The van der Waals surface area contributed by atoms with Gasteiger partial charge in [0.2, 0.25) is 5.91 Å². The number of aliphatic hydroxyl groups is 1. The molecule has 7 nitrogen and oxygen atoms in total. The van der Waals surface area contributed by atoms with E-state index in [1.54, 1.807) is 27.7 Å². The monoisotopic (exact) mass is 303 g/mol. The number of ether oxygens (including phenoxy) is 1. The van der Waals surface area contributed by atoms with Gasteiger partial charge >= 0.3 is 11.9 Å². The van der Waals surface area contributed by atoms with E-state index < -0.39 is 29.4 Å². The first kappa shape index (κ1) is 19.4. The quantitative estimate of drug-likeness (QED) is 0.423. The third kappa shape index (κ3) is 7.65. The summed E-state index contributed by atoms with van der Waals surface area (Å²) in [5.74, 6) is -2.21. The summed E-state index contributed by atoms with van der Waals surface area (Å²) < 4.78 is 5.04. The zero-order valence-electron chi connectivity index (χ0n) is 13.0. The first-order valence-corrected chi connectivity index (χ1v) is 6.92. The van der Waals surface area contributed by atoms with E-state index in [1.165, 1.54) is 0 Å². The predicted molar refractivity (Wildman–Crippen MR) is 75.5 cm³/mol. The predicted octanol–water partition coefficient (Wildman–Crippen LogP) is 0.554. The molecule has 0 fully saturated rings. The molecule has 0 radical (unpaired) electrons. The van der Waals surface area contributed by atoms with Gasteiger partial charge in [-0.1, -0.05) is 27.7 Å². The van der Waals surface area contributed by atoms with Crippen molar-refractivity contribution in [1.29, 1.82) is 0 Å². The van der Waals surface area contributed by atoms with Crippen LogP contribution in [0, 0.1) is 11.3 Å². The fraction of sp³-hybridized carbons (Fsp3) is 0.786. The molecule has 1 atom stereocenters. The molecule has 21 heavy (non-hydrogen) atoms. The van der Waals surface area contributed by atoms with Crippen molar-refractivity contribution in [2.45, 2.75) is 46.6 Å². The standard InChI is InChI=1S/C14H25NO6/c1-9(2)13(20)21-8-14(3,4)11(18)12(19)15-7-5-6-10(16)17/h9,11,18H,5-8H2,1-4H3,(H,15,19)(H,16,17). The summed E-state index contributed by atoms with van der Waals surface area (Å²) in [5.41, 5.74) is -0.929. The van der Waals surface area contributed by atoms with Crippen LogP contribution in [0.5, 0.6) is 0 Å². The molecule has 0 spiro atoms. The SMILES string of the molecule is CC(C)C(=O)OCC(C)(C)C(O)C(=O)NCCCC(=O)O. The van der Waals surface area contributed by atoms with Gasteiger partial charge in [-0.15, -0.1) is 0 Å².